The maximum Gasteiger partial charge on any atom is 0.254 e. The number of benzene rings is 1. The summed E-state index contributed by atoms with van der Waals surface area (Å²) in [6.07, 6.45) is 1.09. The molecule has 2 aromatic heterocycles. The summed E-state index contributed by atoms with van der Waals surface area (Å²) in [7, 11) is 0. The van der Waals surface area contributed by atoms with E-state index in [0.717, 1.165) is 46.5 Å². The lowest BCUT2D eigenvalue weighted by molar-refractivity contribution is 0.0790. The average molecular weight is 322 g/mol. The number of nitrogens with zero attached hydrogens (tertiary/aromatic N) is 2. The molecule has 4 heteroatoms. The van der Waals surface area contributed by atoms with Crippen LogP contribution in [0.15, 0.2) is 47.8 Å². The van der Waals surface area contributed by atoms with Gasteiger partial charge in [0.2, 0.25) is 0 Å². The average Bonchev–Trinajstić information content (AvgIpc) is 3.24. The van der Waals surface area contributed by atoms with Crippen molar-refractivity contribution in [3.8, 4) is 10.6 Å². The Morgan fingerprint density at radius 1 is 1.26 bits per heavy atom. The van der Waals surface area contributed by atoms with Gasteiger partial charge in [0, 0.05) is 18.5 Å². The highest BCUT2D eigenvalue weighted by molar-refractivity contribution is 7.13. The minimum atomic E-state index is 0.130. The Morgan fingerprint density at radius 2 is 2.13 bits per heavy atom. The second kappa shape index (κ2) is 5.78. The van der Waals surface area contributed by atoms with Crippen molar-refractivity contribution < 1.29 is 4.79 Å². The van der Waals surface area contributed by atoms with Crippen LogP contribution in [0.4, 0.5) is 0 Å². The molecule has 0 bridgehead atoms. The molecule has 1 fully saturated rings. The number of para-hydroxylation sites is 1. The Bertz CT molecular complexity index is 857. The first kappa shape index (κ1) is 14.4. The van der Waals surface area contributed by atoms with E-state index in [1.165, 1.54) is 0 Å². The van der Waals surface area contributed by atoms with Crippen LogP contribution < -0.4 is 0 Å². The second-order valence-corrected chi connectivity index (χ2v) is 7.14. The lowest BCUT2D eigenvalue weighted by Crippen LogP contribution is -2.28. The number of fused-ring (bicyclic) bond motifs is 1. The van der Waals surface area contributed by atoms with E-state index in [2.05, 4.69) is 6.92 Å². The van der Waals surface area contributed by atoms with E-state index >= 15 is 0 Å². The molecule has 1 atom stereocenters. The summed E-state index contributed by atoms with van der Waals surface area (Å²) >= 11 is 1.65. The van der Waals surface area contributed by atoms with Crippen LogP contribution >= 0.6 is 11.3 Å². The van der Waals surface area contributed by atoms with Crippen molar-refractivity contribution >= 4 is 28.1 Å². The molecule has 1 saturated heterocycles. The highest BCUT2D eigenvalue weighted by Crippen LogP contribution is 2.29. The van der Waals surface area contributed by atoms with Gasteiger partial charge in [-0.25, -0.2) is 4.98 Å². The maximum atomic E-state index is 13.0. The number of carbonyl (C=O) groups excluding carboxylic acids is 1. The Morgan fingerprint density at radius 3 is 2.87 bits per heavy atom. The zero-order chi connectivity index (χ0) is 15.8. The number of aromatic nitrogens is 1. The van der Waals surface area contributed by atoms with Crippen molar-refractivity contribution in [1.29, 1.82) is 0 Å². The number of thiophene rings is 1. The van der Waals surface area contributed by atoms with Gasteiger partial charge in [-0.2, -0.15) is 0 Å². The van der Waals surface area contributed by atoms with Crippen LogP contribution in [0.2, 0.25) is 0 Å². The molecule has 0 saturated carbocycles. The smallest absolute Gasteiger partial charge is 0.254 e. The zero-order valence-electron chi connectivity index (χ0n) is 13.0. The lowest BCUT2D eigenvalue weighted by Gasteiger charge is -2.17. The Kier molecular flexibility index (Phi) is 3.62. The van der Waals surface area contributed by atoms with Gasteiger partial charge in [-0.15, -0.1) is 11.3 Å². The number of hydrogen-bond acceptors (Lipinski definition) is 3. The summed E-state index contributed by atoms with van der Waals surface area (Å²) in [5.74, 6) is 0.717. The van der Waals surface area contributed by atoms with Gasteiger partial charge < -0.3 is 4.90 Å². The monoisotopic (exact) mass is 322 g/mol. The molecule has 0 N–H and O–H groups in total. The normalized spacial score (nSPS) is 17.8. The topological polar surface area (TPSA) is 33.2 Å². The van der Waals surface area contributed by atoms with E-state index in [9.17, 15) is 4.79 Å². The molecule has 0 aliphatic carbocycles. The molecule has 4 rings (SSSR count). The van der Waals surface area contributed by atoms with Crippen molar-refractivity contribution in [2.24, 2.45) is 5.92 Å². The van der Waals surface area contributed by atoms with Gasteiger partial charge in [-0.3, -0.25) is 4.79 Å². The molecule has 0 radical (unpaired) electrons. The van der Waals surface area contributed by atoms with E-state index < -0.39 is 0 Å². The first-order chi connectivity index (χ1) is 11.2. The molecule has 1 aromatic carbocycles. The molecule has 116 valence electrons. The van der Waals surface area contributed by atoms with Crippen molar-refractivity contribution in [1.82, 2.24) is 9.88 Å². The third-order valence-corrected chi connectivity index (χ3v) is 5.32. The van der Waals surface area contributed by atoms with Crippen LogP contribution in [0.5, 0.6) is 0 Å². The second-order valence-electron chi connectivity index (χ2n) is 6.19. The van der Waals surface area contributed by atoms with E-state index in [1.807, 2.05) is 52.7 Å². The Labute approximate surface area is 139 Å². The third-order valence-electron chi connectivity index (χ3n) is 4.43. The predicted octanol–water partition coefficient (Wildman–Crippen LogP) is 4.45. The van der Waals surface area contributed by atoms with Crippen molar-refractivity contribution in [2.45, 2.75) is 13.3 Å². The summed E-state index contributed by atoms with van der Waals surface area (Å²) in [4.78, 5) is 20.8. The third kappa shape index (κ3) is 2.63. The van der Waals surface area contributed by atoms with Gasteiger partial charge in [0.1, 0.15) is 0 Å². The standard InChI is InChI=1S/C19H18N2OS/c1-13-8-9-21(12-13)19(22)15-11-17(18-7-4-10-23-18)20-16-6-3-2-5-14(15)16/h2-7,10-11,13H,8-9,12H2,1H3. The summed E-state index contributed by atoms with van der Waals surface area (Å²) in [6, 6.07) is 13.9. The van der Waals surface area contributed by atoms with Crippen molar-refractivity contribution in [3.05, 3.63) is 53.4 Å². The molecule has 1 unspecified atom stereocenters. The van der Waals surface area contributed by atoms with Crippen LogP contribution in [-0.4, -0.2) is 28.9 Å². The number of rotatable bonds is 2. The predicted molar refractivity (Wildman–Crippen MR) is 94.7 cm³/mol. The van der Waals surface area contributed by atoms with Gasteiger partial charge in [-0.05, 0) is 35.9 Å². The molecule has 1 aliphatic heterocycles. The molecule has 3 heterocycles. The minimum absolute atomic E-state index is 0.130. The number of hydrogen-bond donors (Lipinski definition) is 0. The van der Waals surface area contributed by atoms with Gasteiger partial charge in [0.15, 0.2) is 0 Å². The SMILES string of the molecule is CC1CCN(C(=O)c2cc(-c3cccs3)nc3ccccc23)C1. The molecule has 23 heavy (non-hydrogen) atoms. The van der Waals surface area contributed by atoms with Crippen LogP contribution in [0.25, 0.3) is 21.5 Å². The highest BCUT2D eigenvalue weighted by atomic mass is 32.1. The number of amides is 1. The summed E-state index contributed by atoms with van der Waals surface area (Å²) in [6.45, 7) is 3.91. The fraction of sp³-hybridized carbons (Fsp3) is 0.263. The molecule has 3 nitrogen and oxygen atoms in total. The van der Waals surface area contributed by atoms with Crippen LogP contribution in [0.1, 0.15) is 23.7 Å². The van der Waals surface area contributed by atoms with Gasteiger partial charge >= 0.3 is 0 Å². The van der Waals surface area contributed by atoms with Crippen LogP contribution in [-0.2, 0) is 0 Å². The summed E-state index contributed by atoms with van der Waals surface area (Å²) in [5, 5.41) is 2.98. The first-order valence-corrected chi connectivity index (χ1v) is 8.83. The fourth-order valence-electron chi connectivity index (χ4n) is 3.19. The maximum absolute atomic E-state index is 13.0. The fourth-order valence-corrected chi connectivity index (χ4v) is 3.88. The minimum Gasteiger partial charge on any atom is -0.338 e. The first-order valence-electron chi connectivity index (χ1n) is 7.95. The largest absolute Gasteiger partial charge is 0.338 e. The van der Waals surface area contributed by atoms with E-state index in [4.69, 9.17) is 4.98 Å². The van der Waals surface area contributed by atoms with Crippen molar-refractivity contribution in [2.75, 3.05) is 13.1 Å². The molecule has 0 spiro atoms. The number of likely N-dealkylation sites (tertiary alicyclic amines) is 1. The highest BCUT2D eigenvalue weighted by Gasteiger charge is 2.26. The zero-order valence-corrected chi connectivity index (χ0v) is 13.8. The van der Waals surface area contributed by atoms with Crippen LogP contribution in [0, 0.1) is 5.92 Å². The number of carbonyl (C=O) groups is 1. The lowest BCUT2D eigenvalue weighted by atomic mass is 10.1. The molecule has 1 amide bonds. The van der Waals surface area contributed by atoms with E-state index in [1.54, 1.807) is 11.3 Å². The molecule has 3 aromatic rings. The molecule has 1 aliphatic rings. The van der Waals surface area contributed by atoms with Gasteiger partial charge in [0.05, 0.1) is 21.7 Å². The van der Waals surface area contributed by atoms with E-state index in [0.29, 0.717) is 5.92 Å². The Hall–Kier alpha value is -2.20. The van der Waals surface area contributed by atoms with Gasteiger partial charge in [0.25, 0.3) is 5.91 Å². The van der Waals surface area contributed by atoms with E-state index in [-0.39, 0.29) is 5.91 Å². The van der Waals surface area contributed by atoms with Gasteiger partial charge in [-0.1, -0.05) is 31.2 Å². The molecular weight excluding hydrogens is 304 g/mol. The van der Waals surface area contributed by atoms with Crippen LogP contribution in [0.3, 0.4) is 0 Å². The van der Waals surface area contributed by atoms with Crippen molar-refractivity contribution in [3.63, 3.8) is 0 Å². The number of pyridine rings is 1. The molecular formula is C19H18N2OS. The quantitative estimate of drug-likeness (QED) is 0.698. The summed E-state index contributed by atoms with van der Waals surface area (Å²) in [5.41, 5.74) is 2.54. The Balaban J connectivity index is 1.85. The summed E-state index contributed by atoms with van der Waals surface area (Å²) < 4.78 is 0.